The molecule has 0 aliphatic carbocycles. The maximum absolute atomic E-state index is 12.4. The van der Waals surface area contributed by atoms with Crippen LogP contribution >= 0.6 is 12.4 Å². The lowest BCUT2D eigenvalue weighted by molar-refractivity contribution is -0.131. The van der Waals surface area contributed by atoms with Crippen LogP contribution in [-0.4, -0.2) is 44.9 Å². The number of hydrogen-bond donors (Lipinski definition) is 1. The Bertz CT molecular complexity index is 449. The highest BCUT2D eigenvalue weighted by atomic mass is 35.5. The number of nitrogens with one attached hydrogen (secondary N) is 1. The first-order chi connectivity index (χ1) is 8.86. The summed E-state index contributed by atoms with van der Waals surface area (Å²) in [7, 11) is 0. The number of amides is 1. The number of anilines is 1. The van der Waals surface area contributed by atoms with Crippen molar-refractivity contribution in [2.24, 2.45) is 0 Å². The Morgan fingerprint density at radius 3 is 2.95 bits per heavy atom. The summed E-state index contributed by atoms with van der Waals surface area (Å²) in [6.07, 6.45) is -0.384. The van der Waals surface area contributed by atoms with E-state index >= 15 is 0 Å². The molecule has 0 aromatic heterocycles. The van der Waals surface area contributed by atoms with E-state index in [9.17, 15) is 4.79 Å². The second-order valence-corrected chi connectivity index (χ2v) is 4.37. The Morgan fingerprint density at radius 1 is 1.32 bits per heavy atom. The van der Waals surface area contributed by atoms with E-state index in [0.717, 1.165) is 18.0 Å². The SMILES string of the molecule is Cl.O=C(C1CNCCO1)N1CCOc2ccccc21. The van der Waals surface area contributed by atoms with Gasteiger partial charge in [0.2, 0.25) is 0 Å². The highest BCUT2D eigenvalue weighted by Crippen LogP contribution is 2.31. The molecule has 1 aromatic carbocycles. The van der Waals surface area contributed by atoms with Gasteiger partial charge in [0.15, 0.2) is 0 Å². The first-order valence-electron chi connectivity index (χ1n) is 6.22. The van der Waals surface area contributed by atoms with Gasteiger partial charge < -0.3 is 19.7 Å². The van der Waals surface area contributed by atoms with Crippen LogP contribution in [0, 0.1) is 0 Å². The minimum absolute atomic E-state index is 0. The zero-order chi connectivity index (χ0) is 12.4. The van der Waals surface area contributed by atoms with Crippen LogP contribution in [0.25, 0.3) is 0 Å². The van der Waals surface area contributed by atoms with Crippen LogP contribution in [0.15, 0.2) is 24.3 Å². The fourth-order valence-electron chi connectivity index (χ4n) is 2.30. The van der Waals surface area contributed by atoms with E-state index in [1.54, 1.807) is 4.90 Å². The molecule has 3 rings (SSSR count). The van der Waals surface area contributed by atoms with E-state index in [4.69, 9.17) is 9.47 Å². The van der Waals surface area contributed by atoms with Gasteiger partial charge in [-0.15, -0.1) is 12.4 Å². The molecule has 2 aliphatic rings. The molecule has 0 saturated carbocycles. The summed E-state index contributed by atoms with van der Waals surface area (Å²) in [4.78, 5) is 14.2. The van der Waals surface area contributed by atoms with Crippen molar-refractivity contribution in [2.45, 2.75) is 6.10 Å². The smallest absolute Gasteiger partial charge is 0.257 e. The zero-order valence-corrected chi connectivity index (χ0v) is 11.3. The average molecular weight is 285 g/mol. The summed E-state index contributed by atoms with van der Waals surface area (Å²) >= 11 is 0. The fraction of sp³-hybridized carbons (Fsp3) is 0.462. The molecule has 2 heterocycles. The number of rotatable bonds is 1. The molecular weight excluding hydrogens is 268 g/mol. The highest BCUT2D eigenvalue weighted by Gasteiger charge is 2.30. The first-order valence-corrected chi connectivity index (χ1v) is 6.22. The van der Waals surface area contributed by atoms with Crippen molar-refractivity contribution in [3.05, 3.63) is 24.3 Å². The molecule has 1 N–H and O–H groups in total. The molecule has 1 aromatic rings. The van der Waals surface area contributed by atoms with Gasteiger partial charge in [0.1, 0.15) is 18.5 Å². The summed E-state index contributed by atoms with van der Waals surface area (Å²) in [5.41, 5.74) is 0.836. The van der Waals surface area contributed by atoms with E-state index in [1.165, 1.54) is 0 Å². The Hall–Kier alpha value is -1.30. The number of nitrogens with zero attached hydrogens (tertiary/aromatic N) is 1. The summed E-state index contributed by atoms with van der Waals surface area (Å²) in [6, 6.07) is 7.61. The van der Waals surface area contributed by atoms with Crippen molar-refractivity contribution in [3.63, 3.8) is 0 Å². The Labute approximate surface area is 118 Å². The van der Waals surface area contributed by atoms with Gasteiger partial charge in [-0.25, -0.2) is 0 Å². The number of morpholine rings is 1. The molecule has 104 valence electrons. The minimum atomic E-state index is -0.384. The average Bonchev–Trinajstić information content (AvgIpc) is 2.47. The van der Waals surface area contributed by atoms with E-state index < -0.39 is 0 Å². The summed E-state index contributed by atoms with van der Waals surface area (Å²) in [5, 5.41) is 3.18. The number of benzene rings is 1. The van der Waals surface area contributed by atoms with Gasteiger partial charge >= 0.3 is 0 Å². The van der Waals surface area contributed by atoms with Crippen molar-refractivity contribution >= 4 is 24.0 Å². The van der Waals surface area contributed by atoms with Crippen LogP contribution in [0.5, 0.6) is 5.75 Å². The fourth-order valence-corrected chi connectivity index (χ4v) is 2.30. The van der Waals surface area contributed by atoms with E-state index in [2.05, 4.69) is 5.32 Å². The Kier molecular flexibility index (Phi) is 4.63. The number of hydrogen-bond acceptors (Lipinski definition) is 4. The van der Waals surface area contributed by atoms with E-state index in [-0.39, 0.29) is 24.4 Å². The summed E-state index contributed by atoms with van der Waals surface area (Å²) in [6.45, 7) is 3.09. The predicted octanol–water partition coefficient (Wildman–Crippen LogP) is 0.822. The number of halogens is 1. The standard InChI is InChI=1S/C13H16N2O3.ClH/c16-13(12-9-14-5-7-17-12)15-6-8-18-11-4-2-1-3-10(11)15;/h1-4,12,14H,5-9H2;1H. The lowest BCUT2D eigenvalue weighted by Crippen LogP contribution is -2.51. The second-order valence-electron chi connectivity index (χ2n) is 4.37. The van der Waals surface area contributed by atoms with Crippen molar-refractivity contribution in [1.82, 2.24) is 5.32 Å². The van der Waals surface area contributed by atoms with Crippen LogP contribution < -0.4 is 15.0 Å². The minimum Gasteiger partial charge on any atom is -0.490 e. The molecule has 2 aliphatic heterocycles. The molecule has 1 saturated heterocycles. The summed E-state index contributed by atoms with van der Waals surface area (Å²) in [5.74, 6) is 0.777. The number of ether oxygens (including phenoxy) is 2. The third kappa shape index (κ3) is 2.83. The number of fused-ring (bicyclic) bond motifs is 1. The van der Waals surface area contributed by atoms with Crippen molar-refractivity contribution in [3.8, 4) is 5.75 Å². The molecule has 1 fully saturated rings. The van der Waals surface area contributed by atoms with Gasteiger partial charge in [0, 0.05) is 13.1 Å². The largest absolute Gasteiger partial charge is 0.490 e. The summed E-state index contributed by atoms with van der Waals surface area (Å²) < 4.78 is 11.1. The topological polar surface area (TPSA) is 50.8 Å². The predicted molar refractivity (Wildman–Crippen MR) is 74.1 cm³/mol. The first kappa shape index (κ1) is 14.1. The third-order valence-corrected chi connectivity index (χ3v) is 3.20. The van der Waals surface area contributed by atoms with Gasteiger partial charge in [0.05, 0.1) is 18.8 Å². The Balaban J connectivity index is 0.00000133. The molecule has 1 unspecified atom stereocenters. The number of carbonyl (C=O) groups is 1. The van der Waals surface area contributed by atoms with Gasteiger partial charge in [0.25, 0.3) is 5.91 Å². The molecule has 0 bridgehead atoms. The maximum atomic E-state index is 12.4. The molecule has 0 spiro atoms. The van der Waals surface area contributed by atoms with Crippen LogP contribution in [0.2, 0.25) is 0 Å². The highest BCUT2D eigenvalue weighted by molar-refractivity contribution is 5.98. The normalized spacial score (nSPS) is 21.9. The molecule has 1 atom stereocenters. The third-order valence-electron chi connectivity index (χ3n) is 3.20. The van der Waals surface area contributed by atoms with Crippen LogP contribution in [0.3, 0.4) is 0 Å². The molecule has 19 heavy (non-hydrogen) atoms. The van der Waals surface area contributed by atoms with Gasteiger partial charge in [-0.05, 0) is 12.1 Å². The van der Waals surface area contributed by atoms with E-state index in [1.807, 2.05) is 24.3 Å². The van der Waals surface area contributed by atoms with Crippen molar-refractivity contribution in [2.75, 3.05) is 37.7 Å². The zero-order valence-electron chi connectivity index (χ0n) is 10.5. The number of carbonyl (C=O) groups excluding carboxylic acids is 1. The molecule has 5 nitrogen and oxygen atoms in total. The maximum Gasteiger partial charge on any atom is 0.257 e. The van der Waals surface area contributed by atoms with Crippen LogP contribution in [0.1, 0.15) is 0 Å². The lowest BCUT2D eigenvalue weighted by Gasteiger charge is -2.33. The van der Waals surface area contributed by atoms with Crippen LogP contribution in [-0.2, 0) is 9.53 Å². The van der Waals surface area contributed by atoms with Crippen molar-refractivity contribution < 1.29 is 14.3 Å². The number of para-hydroxylation sites is 2. The lowest BCUT2D eigenvalue weighted by atomic mass is 10.2. The van der Waals surface area contributed by atoms with E-state index in [0.29, 0.717) is 26.3 Å². The molecule has 0 radical (unpaired) electrons. The van der Waals surface area contributed by atoms with Gasteiger partial charge in [-0.3, -0.25) is 4.79 Å². The van der Waals surface area contributed by atoms with Gasteiger partial charge in [-0.1, -0.05) is 12.1 Å². The quantitative estimate of drug-likeness (QED) is 0.830. The van der Waals surface area contributed by atoms with Crippen LogP contribution in [0.4, 0.5) is 5.69 Å². The molecule has 1 amide bonds. The molecule has 6 heteroatoms. The monoisotopic (exact) mass is 284 g/mol. The second kappa shape index (κ2) is 6.23. The van der Waals surface area contributed by atoms with Crippen molar-refractivity contribution in [1.29, 1.82) is 0 Å². The molecular formula is C13H17ClN2O3. The van der Waals surface area contributed by atoms with Gasteiger partial charge in [-0.2, -0.15) is 0 Å². The Morgan fingerprint density at radius 2 is 2.16 bits per heavy atom.